The molecule has 0 aromatic carbocycles. The molecule has 13 heavy (non-hydrogen) atoms. The largest absolute Gasteiger partial charge is 0.374 e. The number of halogens is 2. The van der Waals surface area contributed by atoms with Gasteiger partial charge in [0, 0.05) is 34.8 Å². The Hall–Kier alpha value is 0.680. The van der Waals surface area contributed by atoms with Crippen LogP contribution in [0.3, 0.4) is 0 Å². The molecule has 4 heteroatoms. The van der Waals surface area contributed by atoms with Crippen LogP contribution in [-0.4, -0.2) is 26.4 Å². The van der Waals surface area contributed by atoms with E-state index in [2.05, 4.69) is 36.7 Å². The predicted octanol–water partition coefficient (Wildman–Crippen LogP) is 2.55. The maximum Gasteiger partial charge on any atom is 0.135 e. The van der Waals surface area contributed by atoms with E-state index in [0.29, 0.717) is 17.8 Å². The van der Waals surface area contributed by atoms with E-state index < -0.39 is 6.23 Å². The SMILES string of the molecule is CC(C)C1CC(CCl)=CC(O)N1I. The normalized spacial score (nSPS) is 30.8. The van der Waals surface area contributed by atoms with E-state index in [1.807, 2.05) is 9.19 Å². The van der Waals surface area contributed by atoms with Gasteiger partial charge in [0.05, 0.1) is 0 Å². The third kappa shape index (κ3) is 2.81. The first-order valence-electron chi connectivity index (χ1n) is 4.44. The smallest absolute Gasteiger partial charge is 0.135 e. The summed E-state index contributed by atoms with van der Waals surface area (Å²) < 4.78 is 1.97. The number of alkyl halides is 1. The van der Waals surface area contributed by atoms with E-state index in [0.717, 1.165) is 12.0 Å². The summed E-state index contributed by atoms with van der Waals surface area (Å²) in [5.74, 6) is 1.07. The van der Waals surface area contributed by atoms with E-state index in [4.69, 9.17) is 11.6 Å². The summed E-state index contributed by atoms with van der Waals surface area (Å²) in [6, 6.07) is 0.398. The first-order valence-corrected chi connectivity index (χ1v) is 5.94. The van der Waals surface area contributed by atoms with Crippen LogP contribution < -0.4 is 0 Å². The van der Waals surface area contributed by atoms with Crippen molar-refractivity contribution >= 4 is 34.5 Å². The van der Waals surface area contributed by atoms with Crippen molar-refractivity contribution in [3.8, 4) is 0 Å². The molecule has 2 atom stereocenters. The highest BCUT2D eigenvalue weighted by atomic mass is 127. The molecule has 0 spiro atoms. The molecule has 2 nitrogen and oxygen atoms in total. The minimum absolute atomic E-state index is 0.398. The topological polar surface area (TPSA) is 23.5 Å². The Morgan fingerprint density at radius 2 is 2.38 bits per heavy atom. The Labute approximate surface area is 98.4 Å². The van der Waals surface area contributed by atoms with Crippen molar-refractivity contribution in [3.63, 3.8) is 0 Å². The summed E-state index contributed by atoms with van der Waals surface area (Å²) in [5.41, 5.74) is 1.15. The molecule has 0 amide bonds. The molecule has 0 saturated carbocycles. The highest BCUT2D eigenvalue weighted by Crippen LogP contribution is 2.29. The minimum Gasteiger partial charge on any atom is -0.374 e. The molecule has 0 bridgehead atoms. The van der Waals surface area contributed by atoms with Gasteiger partial charge in [-0.3, -0.25) is 0 Å². The van der Waals surface area contributed by atoms with Crippen molar-refractivity contribution in [2.45, 2.75) is 32.5 Å². The third-order valence-corrected chi connectivity index (χ3v) is 4.00. The maximum absolute atomic E-state index is 9.68. The minimum atomic E-state index is -0.476. The second-order valence-electron chi connectivity index (χ2n) is 3.73. The summed E-state index contributed by atoms with van der Waals surface area (Å²) in [7, 11) is 0. The quantitative estimate of drug-likeness (QED) is 0.366. The molecule has 1 aliphatic heterocycles. The number of aliphatic hydroxyl groups excluding tert-OH is 1. The zero-order valence-electron chi connectivity index (χ0n) is 7.87. The van der Waals surface area contributed by atoms with E-state index in [-0.39, 0.29) is 0 Å². The fraction of sp³-hybridized carbons (Fsp3) is 0.778. The van der Waals surface area contributed by atoms with Gasteiger partial charge in [-0.05, 0) is 18.4 Å². The molecule has 0 aliphatic carbocycles. The van der Waals surface area contributed by atoms with Crippen molar-refractivity contribution in [3.05, 3.63) is 11.6 Å². The predicted molar refractivity (Wildman–Crippen MR) is 63.9 cm³/mol. The van der Waals surface area contributed by atoms with E-state index in [9.17, 15) is 5.11 Å². The molecule has 1 rings (SSSR count). The van der Waals surface area contributed by atoms with Crippen LogP contribution >= 0.6 is 34.5 Å². The molecule has 0 fully saturated rings. The fourth-order valence-electron chi connectivity index (χ4n) is 1.52. The van der Waals surface area contributed by atoms with Crippen LogP contribution in [0.15, 0.2) is 11.6 Å². The summed E-state index contributed by atoms with van der Waals surface area (Å²) in [5, 5.41) is 9.68. The summed E-state index contributed by atoms with van der Waals surface area (Å²) in [6.45, 7) is 4.33. The summed E-state index contributed by atoms with van der Waals surface area (Å²) in [6.07, 6.45) is 2.34. The first-order chi connectivity index (χ1) is 6.06. The molecule has 0 aromatic rings. The van der Waals surface area contributed by atoms with Crippen LogP contribution in [-0.2, 0) is 0 Å². The highest BCUT2D eigenvalue weighted by Gasteiger charge is 2.29. The van der Waals surface area contributed by atoms with Crippen molar-refractivity contribution in [2.24, 2.45) is 5.92 Å². The monoisotopic (exact) mass is 315 g/mol. The number of aliphatic hydroxyl groups is 1. The summed E-state index contributed by atoms with van der Waals surface area (Å²) in [4.78, 5) is 0. The lowest BCUT2D eigenvalue weighted by Gasteiger charge is -2.36. The van der Waals surface area contributed by atoms with Crippen LogP contribution in [0, 0.1) is 5.92 Å². The lowest BCUT2D eigenvalue weighted by atomic mass is 9.94. The van der Waals surface area contributed by atoms with Gasteiger partial charge in [-0.15, -0.1) is 11.6 Å². The molecule has 1 N–H and O–H groups in total. The number of hydrogen-bond donors (Lipinski definition) is 1. The van der Waals surface area contributed by atoms with Crippen molar-refractivity contribution in [1.29, 1.82) is 0 Å². The molecule has 76 valence electrons. The zero-order valence-corrected chi connectivity index (χ0v) is 10.8. The van der Waals surface area contributed by atoms with Crippen LogP contribution in [0.4, 0.5) is 0 Å². The Morgan fingerprint density at radius 3 is 2.85 bits per heavy atom. The Morgan fingerprint density at radius 1 is 1.77 bits per heavy atom. The highest BCUT2D eigenvalue weighted by molar-refractivity contribution is 14.1. The molecular weight excluding hydrogens is 300 g/mol. The molecule has 1 heterocycles. The van der Waals surface area contributed by atoms with Crippen LogP contribution in [0.2, 0.25) is 0 Å². The van der Waals surface area contributed by atoms with Gasteiger partial charge in [-0.1, -0.05) is 19.4 Å². The third-order valence-electron chi connectivity index (χ3n) is 2.37. The van der Waals surface area contributed by atoms with Crippen molar-refractivity contribution in [1.82, 2.24) is 3.11 Å². The number of hydrogen-bond acceptors (Lipinski definition) is 2. The second-order valence-corrected chi connectivity index (χ2v) is 5.11. The lowest BCUT2D eigenvalue weighted by Crippen LogP contribution is -2.41. The van der Waals surface area contributed by atoms with Crippen molar-refractivity contribution in [2.75, 3.05) is 5.88 Å². The second kappa shape index (κ2) is 4.96. The van der Waals surface area contributed by atoms with Gasteiger partial charge in [0.1, 0.15) is 6.23 Å². The van der Waals surface area contributed by atoms with Crippen LogP contribution in [0.1, 0.15) is 20.3 Å². The average Bonchev–Trinajstić information content (AvgIpc) is 2.09. The van der Waals surface area contributed by atoms with Crippen LogP contribution in [0.25, 0.3) is 0 Å². The van der Waals surface area contributed by atoms with Gasteiger partial charge in [0.25, 0.3) is 0 Å². The molecule has 2 unspecified atom stereocenters. The Kier molecular flexibility index (Phi) is 4.48. The molecule has 0 saturated heterocycles. The van der Waals surface area contributed by atoms with E-state index >= 15 is 0 Å². The van der Waals surface area contributed by atoms with Gasteiger partial charge >= 0.3 is 0 Å². The van der Waals surface area contributed by atoms with Gasteiger partial charge in [-0.2, -0.15) is 0 Å². The van der Waals surface area contributed by atoms with Gasteiger partial charge in [-0.25, -0.2) is 3.11 Å². The number of nitrogens with zero attached hydrogens (tertiary/aromatic N) is 1. The summed E-state index contributed by atoms with van der Waals surface area (Å²) >= 11 is 7.95. The molecule has 0 aromatic heterocycles. The van der Waals surface area contributed by atoms with E-state index in [1.54, 1.807) is 0 Å². The van der Waals surface area contributed by atoms with Gasteiger partial charge in [0.15, 0.2) is 0 Å². The number of rotatable bonds is 2. The van der Waals surface area contributed by atoms with E-state index in [1.165, 1.54) is 0 Å². The van der Waals surface area contributed by atoms with Gasteiger partial charge in [0.2, 0.25) is 0 Å². The Balaban J connectivity index is 2.75. The lowest BCUT2D eigenvalue weighted by molar-refractivity contribution is 0.0767. The fourth-order valence-corrected chi connectivity index (χ4v) is 2.72. The van der Waals surface area contributed by atoms with Crippen molar-refractivity contribution < 1.29 is 5.11 Å². The Bertz CT molecular complexity index is 208. The standard InChI is InChI=1S/C9H15ClINO/c1-6(2)8-3-7(5-10)4-9(13)12(8)11/h4,6,8-9,13H,3,5H2,1-2H3. The average molecular weight is 316 g/mol. The zero-order chi connectivity index (χ0) is 10.0. The maximum atomic E-state index is 9.68. The molecule has 0 radical (unpaired) electrons. The molecule has 1 aliphatic rings. The van der Waals surface area contributed by atoms with Gasteiger partial charge < -0.3 is 5.11 Å². The van der Waals surface area contributed by atoms with Crippen LogP contribution in [0.5, 0.6) is 0 Å². The molecular formula is C9H15ClINO. The first kappa shape index (κ1) is 11.8.